The third-order valence-corrected chi connectivity index (χ3v) is 6.62. The Kier molecular flexibility index (Phi) is 5.61. The molecule has 0 spiro atoms. The summed E-state index contributed by atoms with van der Waals surface area (Å²) in [4.78, 5) is 12.9. The molecule has 1 fully saturated rings. The third kappa shape index (κ3) is 3.96. The van der Waals surface area contributed by atoms with Crippen LogP contribution in [0.25, 0.3) is 11.1 Å². The zero-order valence-electron chi connectivity index (χ0n) is 16.3. The summed E-state index contributed by atoms with van der Waals surface area (Å²) in [5.41, 5.74) is 1.79. The van der Waals surface area contributed by atoms with Gasteiger partial charge in [-0.05, 0) is 23.8 Å². The minimum atomic E-state index is -3.68. The van der Waals surface area contributed by atoms with Crippen molar-refractivity contribution in [2.24, 2.45) is 0 Å². The number of furan rings is 1. The van der Waals surface area contributed by atoms with Gasteiger partial charge in [0.25, 0.3) is 0 Å². The predicted octanol–water partition coefficient (Wildman–Crippen LogP) is 3.06. The molecule has 0 aliphatic carbocycles. The molecule has 1 saturated heterocycles. The van der Waals surface area contributed by atoms with Gasteiger partial charge in [0.1, 0.15) is 17.4 Å². The number of sulfone groups is 1. The van der Waals surface area contributed by atoms with Gasteiger partial charge in [0.15, 0.2) is 9.84 Å². The molecule has 4 rings (SSSR count). The van der Waals surface area contributed by atoms with Crippen molar-refractivity contribution in [1.82, 2.24) is 5.32 Å². The molecule has 156 valence electrons. The van der Waals surface area contributed by atoms with Gasteiger partial charge in [0.05, 0.1) is 30.3 Å². The Morgan fingerprint density at radius 3 is 2.50 bits per heavy atom. The first-order chi connectivity index (χ1) is 14.5. The number of carbonyl (C=O) groups is 1. The van der Waals surface area contributed by atoms with Crippen LogP contribution in [0, 0.1) is 0 Å². The Morgan fingerprint density at radius 1 is 1.13 bits per heavy atom. The maximum Gasteiger partial charge on any atom is 0.341 e. The lowest BCUT2D eigenvalue weighted by atomic mass is 9.99. The highest BCUT2D eigenvalue weighted by Gasteiger charge is 2.29. The summed E-state index contributed by atoms with van der Waals surface area (Å²) in [5, 5.41) is 3.12. The number of nitrogens with one attached hydrogen (secondary N) is 1. The molecular formula is C22H21NO6S. The SMILES string of the molecule is COC(=O)c1c(CS(=O)(=O)c2ccccc2)ccc(-c2ccoc2)c1OC1CNC1. The summed E-state index contributed by atoms with van der Waals surface area (Å²) in [6.07, 6.45) is 2.94. The number of carbonyl (C=O) groups excluding carboxylic acids is 1. The van der Waals surface area contributed by atoms with Gasteiger partial charge in [0, 0.05) is 24.2 Å². The minimum absolute atomic E-state index is 0.114. The van der Waals surface area contributed by atoms with E-state index in [9.17, 15) is 13.2 Å². The zero-order chi connectivity index (χ0) is 21.1. The van der Waals surface area contributed by atoms with Crippen molar-refractivity contribution < 1.29 is 27.1 Å². The van der Waals surface area contributed by atoms with E-state index < -0.39 is 15.8 Å². The number of hydrogen-bond acceptors (Lipinski definition) is 7. The second-order valence-electron chi connectivity index (χ2n) is 6.95. The van der Waals surface area contributed by atoms with E-state index in [0.717, 1.165) is 5.56 Å². The van der Waals surface area contributed by atoms with E-state index in [0.29, 0.717) is 30.0 Å². The van der Waals surface area contributed by atoms with Crippen LogP contribution in [0.1, 0.15) is 15.9 Å². The zero-order valence-corrected chi connectivity index (χ0v) is 17.1. The quantitative estimate of drug-likeness (QED) is 0.579. The Balaban J connectivity index is 1.84. The first-order valence-corrected chi connectivity index (χ1v) is 11.1. The van der Waals surface area contributed by atoms with Crippen LogP contribution in [0.5, 0.6) is 5.75 Å². The topological polar surface area (TPSA) is 94.8 Å². The van der Waals surface area contributed by atoms with Gasteiger partial charge >= 0.3 is 5.97 Å². The largest absolute Gasteiger partial charge is 0.486 e. The maximum atomic E-state index is 13.0. The van der Waals surface area contributed by atoms with Crippen LogP contribution in [0.2, 0.25) is 0 Å². The van der Waals surface area contributed by atoms with Crippen molar-refractivity contribution >= 4 is 15.8 Å². The van der Waals surface area contributed by atoms with Crippen LogP contribution in [0.4, 0.5) is 0 Å². The highest BCUT2D eigenvalue weighted by atomic mass is 32.2. The van der Waals surface area contributed by atoms with E-state index >= 15 is 0 Å². The van der Waals surface area contributed by atoms with Crippen LogP contribution in [0.15, 0.2) is 70.4 Å². The molecule has 8 heteroatoms. The van der Waals surface area contributed by atoms with Gasteiger partial charge in [-0.2, -0.15) is 0 Å². The van der Waals surface area contributed by atoms with Gasteiger partial charge in [-0.15, -0.1) is 0 Å². The normalized spacial score (nSPS) is 14.2. The molecule has 2 aromatic carbocycles. The molecule has 2 heterocycles. The molecule has 0 atom stereocenters. The van der Waals surface area contributed by atoms with Crippen molar-refractivity contribution in [2.75, 3.05) is 20.2 Å². The molecule has 1 aromatic heterocycles. The molecule has 30 heavy (non-hydrogen) atoms. The average Bonchev–Trinajstić information content (AvgIpc) is 3.25. The lowest BCUT2D eigenvalue weighted by molar-refractivity contribution is 0.0588. The van der Waals surface area contributed by atoms with Crippen LogP contribution < -0.4 is 10.1 Å². The van der Waals surface area contributed by atoms with E-state index in [4.69, 9.17) is 13.9 Å². The smallest absolute Gasteiger partial charge is 0.341 e. The van der Waals surface area contributed by atoms with Gasteiger partial charge < -0.3 is 19.2 Å². The fourth-order valence-electron chi connectivity index (χ4n) is 3.27. The van der Waals surface area contributed by atoms with E-state index in [2.05, 4.69) is 5.32 Å². The van der Waals surface area contributed by atoms with Crippen LogP contribution in [-0.2, 0) is 20.3 Å². The van der Waals surface area contributed by atoms with E-state index in [1.165, 1.54) is 25.5 Å². The third-order valence-electron chi connectivity index (χ3n) is 4.94. The summed E-state index contributed by atoms with van der Waals surface area (Å²) in [6.45, 7) is 1.27. The number of esters is 1. The van der Waals surface area contributed by atoms with Gasteiger partial charge in [-0.1, -0.05) is 30.3 Å². The summed E-state index contributed by atoms with van der Waals surface area (Å²) in [5.74, 6) is -0.705. The molecule has 0 unspecified atom stereocenters. The maximum absolute atomic E-state index is 13.0. The van der Waals surface area contributed by atoms with Gasteiger partial charge in [-0.3, -0.25) is 0 Å². The molecule has 0 amide bonds. The number of benzene rings is 2. The standard InChI is InChI=1S/C22H21NO6S/c1-27-22(24)20-16(14-30(25,26)18-5-3-2-4-6-18)7-8-19(15-9-10-28-13-15)21(20)29-17-11-23-12-17/h2-10,13,17,23H,11-12,14H2,1H3. The van der Waals surface area contributed by atoms with Crippen LogP contribution in [0.3, 0.4) is 0 Å². The number of methoxy groups -OCH3 is 1. The Bertz CT molecular complexity index is 1140. The van der Waals surface area contributed by atoms with Crippen molar-refractivity contribution in [3.05, 3.63) is 72.2 Å². The minimum Gasteiger partial charge on any atom is -0.486 e. The van der Waals surface area contributed by atoms with E-state index in [1.54, 1.807) is 42.7 Å². The molecule has 0 saturated carbocycles. The molecule has 7 nitrogen and oxygen atoms in total. The second kappa shape index (κ2) is 8.33. The molecule has 1 aliphatic heterocycles. The first kappa shape index (κ1) is 20.2. The van der Waals surface area contributed by atoms with E-state index in [1.807, 2.05) is 0 Å². The molecule has 0 bridgehead atoms. The van der Waals surface area contributed by atoms with Crippen molar-refractivity contribution in [1.29, 1.82) is 0 Å². The Hall–Kier alpha value is -3.10. The molecule has 3 aromatic rings. The summed E-state index contributed by atoms with van der Waals surface area (Å²) in [7, 11) is -2.41. The fourth-order valence-corrected chi connectivity index (χ4v) is 4.65. The monoisotopic (exact) mass is 427 g/mol. The Morgan fingerprint density at radius 2 is 1.90 bits per heavy atom. The molecule has 1 N–H and O–H groups in total. The van der Waals surface area contributed by atoms with Crippen LogP contribution in [-0.4, -0.2) is 40.7 Å². The van der Waals surface area contributed by atoms with E-state index in [-0.39, 0.29) is 22.3 Å². The first-order valence-electron chi connectivity index (χ1n) is 9.41. The average molecular weight is 427 g/mol. The number of hydrogen-bond donors (Lipinski definition) is 1. The Labute approximate surface area is 174 Å². The highest BCUT2D eigenvalue weighted by molar-refractivity contribution is 7.90. The van der Waals surface area contributed by atoms with Crippen LogP contribution >= 0.6 is 0 Å². The lowest BCUT2D eigenvalue weighted by Crippen LogP contribution is -2.50. The fraction of sp³-hybridized carbons (Fsp3) is 0.227. The molecule has 1 aliphatic rings. The number of ether oxygens (including phenoxy) is 2. The predicted molar refractivity (Wildman–Crippen MR) is 110 cm³/mol. The number of rotatable bonds is 7. The van der Waals surface area contributed by atoms with Gasteiger partial charge in [-0.25, -0.2) is 13.2 Å². The molecule has 0 radical (unpaired) electrons. The summed E-state index contributed by atoms with van der Waals surface area (Å²) >= 11 is 0. The second-order valence-corrected chi connectivity index (χ2v) is 8.94. The van der Waals surface area contributed by atoms with Crippen molar-refractivity contribution in [3.8, 4) is 16.9 Å². The lowest BCUT2D eigenvalue weighted by Gasteiger charge is -2.30. The summed E-state index contributed by atoms with van der Waals surface area (Å²) in [6, 6.07) is 13.3. The van der Waals surface area contributed by atoms with Gasteiger partial charge in [0.2, 0.25) is 0 Å². The highest BCUT2D eigenvalue weighted by Crippen LogP contribution is 2.38. The van der Waals surface area contributed by atoms with Crippen molar-refractivity contribution in [3.63, 3.8) is 0 Å². The molecular weight excluding hydrogens is 406 g/mol. The van der Waals surface area contributed by atoms with Crippen molar-refractivity contribution in [2.45, 2.75) is 16.8 Å². The summed E-state index contributed by atoms with van der Waals surface area (Å²) < 4.78 is 42.2.